The van der Waals surface area contributed by atoms with E-state index in [1.54, 1.807) is 0 Å². The molecule has 0 aliphatic rings. The average molecular weight is 245 g/mol. The molecular weight excluding hydrogens is 244 g/mol. The molecule has 0 bridgehead atoms. The molecule has 0 amide bonds. The van der Waals surface area contributed by atoms with Crippen molar-refractivity contribution in [2.45, 2.75) is 0 Å². The summed E-state index contributed by atoms with van der Waals surface area (Å²) in [6, 6.07) is 0. The predicted octanol–water partition coefficient (Wildman–Crippen LogP) is -0.282. The molecule has 0 aromatic carbocycles. The molecule has 0 aromatic heterocycles. The SMILES string of the molecule is [CH-]=O.[Co].[Fe].[Ru+]. The van der Waals surface area contributed by atoms with Gasteiger partial charge in [0, 0.05) is 33.8 Å². The van der Waals surface area contributed by atoms with Crippen LogP contribution in [0, 0.1) is 0 Å². The third kappa shape index (κ3) is 33.7. The summed E-state index contributed by atoms with van der Waals surface area (Å²) in [6.45, 7) is 3.25. The van der Waals surface area contributed by atoms with E-state index in [0.717, 1.165) is 0 Å². The summed E-state index contributed by atoms with van der Waals surface area (Å²) >= 11 is 0. The molecule has 5 heavy (non-hydrogen) atoms. The van der Waals surface area contributed by atoms with Gasteiger partial charge in [0.25, 0.3) is 0 Å². The van der Waals surface area contributed by atoms with E-state index in [4.69, 9.17) is 4.79 Å². The first-order valence-corrected chi connectivity index (χ1v) is 0.236. The van der Waals surface area contributed by atoms with Crippen molar-refractivity contribution in [1.29, 1.82) is 0 Å². The summed E-state index contributed by atoms with van der Waals surface area (Å²) in [4.78, 5) is 7.75. The van der Waals surface area contributed by atoms with Gasteiger partial charge >= 0.3 is 19.5 Å². The molecule has 0 saturated heterocycles. The van der Waals surface area contributed by atoms with Crippen molar-refractivity contribution in [3.8, 4) is 0 Å². The zero-order valence-corrected chi connectivity index (χ0v) is 5.91. The fourth-order valence-corrected chi connectivity index (χ4v) is 0. The second-order valence-corrected chi connectivity index (χ2v) is 0. The Hall–Kier alpha value is 1.32. The van der Waals surface area contributed by atoms with E-state index in [-0.39, 0.29) is 53.3 Å². The van der Waals surface area contributed by atoms with Gasteiger partial charge in [0.15, 0.2) is 0 Å². The van der Waals surface area contributed by atoms with Crippen molar-refractivity contribution in [3.63, 3.8) is 0 Å². The zero-order chi connectivity index (χ0) is 2.00. The van der Waals surface area contributed by atoms with Crippen molar-refractivity contribution < 1.29 is 58.1 Å². The Morgan fingerprint density at radius 3 is 1.20 bits per heavy atom. The third-order valence-electron chi connectivity index (χ3n) is 0. The Balaban J connectivity index is -0.00000000167. The first kappa shape index (κ1) is 33.2. The van der Waals surface area contributed by atoms with Crippen molar-refractivity contribution >= 4 is 6.79 Å². The Kier molecular flexibility index (Phi) is 379. The minimum Gasteiger partial charge on any atom is -0.545 e. The molecule has 0 spiro atoms. The number of hydrogen-bond donors (Lipinski definition) is 0. The summed E-state index contributed by atoms with van der Waals surface area (Å²) in [5, 5.41) is 0. The number of carbonyl (C=O) groups excluding carboxylic acids is 1. The quantitative estimate of drug-likeness (QED) is 0.326. The van der Waals surface area contributed by atoms with Gasteiger partial charge in [-0.3, -0.25) is 6.79 Å². The fourth-order valence-electron chi connectivity index (χ4n) is 0. The van der Waals surface area contributed by atoms with Gasteiger partial charge in [-0.15, -0.1) is 0 Å². The molecule has 0 heterocycles. The summed E-state index contributed by atoms with van der Waals surface area (Å²) in [6.07, 6.45) is 0. The smallest absolute Gasteiger partial charge is 0.545 e. The van der Waals surface area contributed by atoms with Crippen LogP contribution >= 0.6 is 0 Å². The molecule has 0 aromatic rings. The van der Waals surface area contributed by atoms with E-state index < -0.39 is 0 Å². The van der Waals surface area contributed by atoms with E-state index in [0.29, 0.717) is 0 Å². The number of hydrogen-bond acceptors (Lipinski definition) is 1. The van der Waals surface area contributed by atoms with Crippen LogP contribution in [0.2, 0.25) is 0 Å². The van der Waals surface area contributed by atoms with Crippen molar-refractivity contribution in [1.82, 2.24) is 0 Å². The van der Waals surface area contributed by atoms with Gasteiger partial charge in [0.2, 0.25) is 0 Å². The first-order chi connectivity index (χ1) is 1.00. The molecule has 0 atom stereocenters. The van der Waals surface area contributed by atoms with Crippen LogP contribution in [0.1, 0.15) is 0 Å². The Morgan fingerprint density at radius 2 is 1.20 bits per heavy atom. The molecule has 4 heteroatoms. The largest absolute Gasteiger partial charge is 1.00 e. The van der Waals surface area contributed by atoms with Gasteiger partial charge in [-0.2, -0.15) is 0 Å². The Labute approximate surface area is 64.7 Å². The van der Waals surface area contributed by atoms with E-state index in [9.17, 15) is 0 Å². The van der Waals surface area contributed by atoms with Crippen LogP contribution in [0.15, 0.2) is 0 Å². The second kappa shape index (κ2) is 57.0. The van der Waals surface area contributed by atoms with E-state index in [1.165, 1.54) is 0 Å². The molecule has 0 aliphatic heterocycles. The molecule has 0 saturated carbocycles. The van der Waals surface area contributed by atoms with Gasteiger partial charge in [-0.1, -0.05) is 0 Å². The van der Waals surface area contributed by atoms with Crippen molar-refractivity contribution in [2.24, 2.45) is 0 Å². The summed E-state index contributed by atoms with van der Waals surface area (Å²) in [5.74, 6) is 0. The molecule has 0 rings (SSSR count). The van der Waals surface area contributed by atoms with Crippen LogP contribution in [0.25, 0.3) is 0 Å². The third-order valence-corrected chi connectivity index (χ3v) is 0. The summed E-state index contributed by atoms with van der Waals surface area (Å²) in [7, 11) is 0. The maximum Gasteiger partial charge on any atom is 1.00 e. The minimum absolute atomic E-state index is 0. The Bertz CT molecular complexity index is 11.6. The van der Waals surface area contributed by atoms with Gasteiger partial charge in [-0.25, -0.2) is 0 Å². The van der Waals surface area contributed by atoms with Gasteiger partial charge in [0.1, 0.15) is 0 Å². The standard InChI is InChI=1S/CHO.Co.Fe.Ru/c1-2;;;/h1H;;;/q-1;;;+1. The van der Waals surface area contributed by atoms with Crippen LogP contribution in [-0.2, 0) is 58.1 Å². The zero-order valence-electron chi connectivity index (χ0n) is 2.03. The van der Waals surface area contributed by atoms with Crippen LogP contribution in [0.3, 0.4) is 0 Å². The monoisotopic (exact) mass is 246 g/mol. The maximum atomic E-state index is 7.75. The number of rotatable bonds is 0. The first-order valence-electron chi connectivity index (χ1n) is 0.236. The normalized spacial score (nSPS) is 0.800. The van der Waals surface area contributed by atoms with Gasteiger partial charge in [-0.05, 0) is 0 Å². The topological polar surface area (TPSA) is 17.1 Å². The van der Waals surface area contributed by atoms with Crippen LogP contribution in [0.5, 0.6) is 0 Å². The molecule has 36 valence electrons. The molecule has 0 unspecified atom stereocenters. The molecule has 0 N–H and O–H groups in total. The van der Waals surface area contributed by atoms with Crippen LogP contribution in [0.4, 0.5) is 0 Å². The molecule has 0 aliphatic carbocycles. The average Bonchev–Trinajstić information content (AvgIpc) is 1.00. The van der Waals surface area contributed by atoms with Gasteiger partial charge in [0.05, 0.1) is 0 Å². The van der Waals surface area contributed by atoms with Gasteiger partial charge < -0.3 is 4.79 Å². The van der Waals surface area contributed by atoms with Crippen LogP contribution < -0.4 is 0 Å². The van der Waals surface area contributed by atoms with Crippen molar-refractivity contribution in [2.75, 3.05) is 0 Å². The van der Waals surface area contributed by atoms with E-state index in [2.05, 4.69) is 6.79 Å². The Morgan fingerprint density at radius 1 is 1.20 bits per heavy atom. The maximum absolute atomic E-state index is 7.75. The predicted molar refractivity (Wildman–Crippen MR) is 6.75 cm³/mol. The van der Waals surface area contributed by atoms with E-state index >= 15 is 0 Å². The molecule has 2 radical (unpaired) electrons. The summed E-state index contributed by atoms with van der Waals surface area (Å²) < 4.78 is 0. The fraction of sp³-hybridized carbons (Fsp3) is 0. The molecule has 0 fully saturated rings. The van der Waals surface area contributed by atoms with E-state index in [1.807, 2.05) is 0 Å². The molecule has 1 nitrogen and oxygen atoms in total. The summed E-state index contributed by atoms with van der Waals surface area (Å²) in [5.41, 5.74) is 0. The van der Waals surface area contributed by atoms with Crippen LogP contribution in [-0.4, -0.2) is 6.79 Å². The van der Waals surface area contributed by atoms with Crippen molar-refractivity contribution in [3.05, 3.63) is 0 Å². The second-order valence-electron chi connectivity index (χ2n) is 0. The molecular formula is CHCoFeORu. The minimum atomic E-state index is 0.